The summed E-state index contributed by atoms with van der Waals surface area (Å²) in [5, 5.41) is 13.4. The summed E-state index contributed by atoms with van der Waals surface area (Å²) < 4.78 is 36.5. The number of aliphatic hydroxyl groups is 1. The third-order valence-electron chi connectivity index (χ3n) is 5.21. The largest absolute Gasteiger partial charge is 0.462 e. The van der Waals surface area contributed by atoms with Gasteiger partial charge in [0.25, 0.3) is 5.56 Å². The Balaban J connectivity index is 1.84. The van der Waals surface area contributed by atoms with Gasteiger partial charge >= 0.3 is 19.4 Å². The molecule has 3 N–H and O–H groups in total. The molecule has 6 atom stereocenters. The number of benzene rings is 1. The Morgan fingerprint density at radius 3 is 2.59 bits per heavy atom. The normalized spacial score (nSPS) is 25.7. The van der Waals surface area contributed by atoms with E-state index in [9.17, 15) is 24.1 Å². The van der Waals surface area contributed by atoms with Crippen LogP contribution in [0.5, 0.6) is 5.75 Å². The maximum Gasteiger partial charge on any atom is 0.459 e. The van der Waals surface area contributed by atoms with Crippen molar-refractivity contribution in [1.82, 2.24) is 14.6 Å². The van der Waals surface area contributed by atoms with Crippen LogP contribution >= 0.6 is 19.3 Å². The number of aliphatic hydroxyl groups excluding tert-OH is 1. The van der Waals surface area contributed by atoms with Crippen molar-refractivity contribution in [2.24, 2.45) is 0 Å². The number of carbonyl (C=O) groups is 1. The van der Waals surface area contributed by atoms with E-state index in [1.165, 1.54) is 19.1 Å². The maximum atomic E-state index is 13.7. The smallest absolute Gasteiger partial charge is 0.459 e. The van der Waals surface area contributed by atoms with E-state index in [1.54, 1.807) is 32.0 Å². The van der Waals surface area contributed by atoms with Gasteiger partial charge < -0.3 is 19.1 Å². The van der Waals surface area contributed by atoms with Crippen molar-refractivity contribution in [2.75, 3.05) is 6.61 Å². The fourth-order valence-corrected chi connectivity index (χ4v) is 5.23. The van der Waals surface area contributed by atoms with Gasteiger partial charge in [-0.2, -0.15) is 5.09 Å². The van der Waals surface area contributed by atoms with E-state index in [0.29, 0.717) is 0 Å². The predicted molar refractivity (Wildman–Crippen MR) is 133 cm³/mol. The van der Waals surface area contributed by atoms with Gasteiger partial charge in [0.05, 0.1) is 12.7 Å². The van der Waals surface area contributed by atoms with Gasteiger partial charge in [-0.3, -0.25) is 23.7 Å². The van der Waals surface area contributed by atoms with Crippen molar-refractivity contribution in [3.8, 4) is 18.1 Å². The highest BCUT2D eigenvalue weighted by molar-refractivity contribution is 7.52. The van der Waals surface area contributed by atoms with Crippen molar-refractivity contribution < 1.29 is 33.0 Å². The van der Waals surface area contributed by atoms with E-state index in [-0.39, 0.29) is 5.75 Å². The molecule has 2 heterocycles. The number of esters is 1. The summed E-state index contributed by atoms with van der Waals surface area (Å²) in [5.74, 6) is 1.69. The molecule has 0 aliphatic carbocycles. The second-order valence-corrected chi connectivity index (χ2v) is 10.8. The first-order valence-electron chi connectivity index (χ1n) is 11.2. The third-order valence-corrected chi connectivity index (χ3v) is 7.37. The molecular weight excluding hydrogens is 529 g/mol. The van der Waals surface area contributed by atoms with Gasteiger partial charge in [-0.15, -0.1) is 6.42 Å². The molecule has 1 aliphatic heterocycles. The van der Waals surface area contributed by atoms with Crippen molar-refractivity contribution in [2.45, 2.75) is 56.2 Å². The number of hydrogen-bond donors (Lipinski definition) is 3. The summed E-state index contributed by atoms with van der Waals surface area (Å²) in [5.41, 5.74) is -1.53. The van der Waals surface area contributed by atoms with Crippen LogP contribution in [0, 0.1) is 12.3 Å². The lowest BCUT2D eigenvalue weighted by Gasteiger charge is -2.26. The number of alkyl halides is 1. The summed E-state index contributed by atoms with van der Waals surface area (Å²) in [6.07, 6.45) is 1.96. The van der Waals surface area contributed by atoms with Crippen LogP contribution in [-0.4, -0.2) is 56.5 Å². The van der Waals surface area contributed by atoms with Crippen LogP contribution in [0.3, 0.4) is 0 Å². The second-order valence-electron chi connectivity index (χ2n) is 8.44. The molecular formula is C23H27ClN3O9P. The molecule has 1 aromatic heterocycles. The molecule has 2 unspecified atom stereocenters. The minimum atomic E-state index is -4.28. The molecule has 3 rings (SSSR count). The molecule has 1 saturated heterocycles. The molecule has 2 aromatic rings. The maximum absolute atomic E-state index is 13.7. The Kier molecular flexibility index (Phi) is 9.02. The van der Waals surface area contributed by atoms with Gasteiger partial charge in [0.1, 0.15) is 24.0 Å². The first kappa shape index (κ1) is 28.7. The van der Waals surface area contributed by atoms with E-state index < -0.39 is 67.0 Å². The number of nitrogens with zero attached hydrogens (tertiary/aromatic N) is 1. The van der Waals surface area contributed by atoms with Crippen molar-refractivity contribution in [3.05, 3.63) is 63.4 Å². The molecule has 0 amide bonds. The third kappa shape index (κ3) is 6.70. The van der Waals surface area contributed by atoms with Gasteiger partial charge in [-0.1, -0.05) is 35.7 Å². The van der Waals surface area contributed by atoms with E-state index in [0.717, 1.165) is 16.8 Å². The lowest BCUT2D eigenvalue weighted by Crippen LogP contribution is -2.44. The van der Waals surface area contributed by atoms with E-state index in [4.69, 9.17) is 36.5 Å². The number of terminal acetylenes is 1. The Morgan fingerprint density at radius 1 is 1.32 bits per heavy atom. The lowest BCUT2D eigenvalue weighted by molar-refractivity contribution is -0.149. The summed E-state index contributed by atoms with van der Waals surface area (Å²) >= 11 is 6.47. The number of rotatable bonds is 10. The molecule has 0 spiro atoms. The predicted octanol–water partition coefficient (Wildman–Crippen LogP) is 1.54. The van der Waals surface area contributed by atoms with Gasteiger partial charge in [-0.25, -0.2) is 9.36 Å². The standard InChI is InChI=1S/C23H27ClN3O9P/c1-5-23(24)19(29)17(35-21(23)27-12-11-18(28)25-22(27)31)13-33-37(32,36-16-9-7-6-8-10-16)26-15(4)20(30)34-14(2)3/h1,6-12,14-15,17,19,21,29H,13H2,2-4H3,(H,26,32)(H,25,28,31)/t15-,17+,19-,21+,23?,37?/m0/s1. The fraction of sp³-hybridized carbons (Fsp3) is 0.435. The molecule has 200 valence electrons. The first-order chi connectivity index (χ1) is 17.4. The number of para-hydroxylation sites is 1. The van der Waals surface area contributed by atoms with E-state index in [2.05, 4.69) is 11.0 Å². The number of carbonyl (C=O) groups excluding carboxylic acids is 1. The van der Waals surface area contributed by atoms with Gasteiger partial charge in [0.15, 0.2) is 11.1 Å². The van der Waals surface area contributed by atoms with Crippen LogP contribution in [0.25, 0.3) is 0 Å². The molecule has 1 aromatic carbocycles. The minimum absolute atomic E-state index is 0.170. The summed E-state index contributed by atoms with van der Waals surface area (Å²) in [6, 6.07) is 8.00. The SMILES string of the molecule is C#CC1(Cl)[C@@H](O)[C@@H](COP(=O)(N[C@@H](C)C(=O)OC(C)C)Oc2ccccc2)O[C@H]1n1ccc(=O)[nH]c1=O. The molecule has 0 saturated carbocycles. The fourth-order valence-electron chi connectivity index (χ4n) is 3.43. The topological polar surface area (TPSA) is 158 Å². The van der Waals surface area contributed by atoms with Crippen LogP contribution in [0.1, 0.15) is 27.0 Å². The van der Waals surface area contributed by atoms with Gasteiger partial charge in [0.2, 0.25) is 0 Å². The Hall–Kier alpha value is -2.91. The average Bonchev–Trinajstić information content (AvgIpc) is 3.08. The molecule has 1 aliphatic rings. The summed E-state index contributed by atoms with van der Waals surface area (Å²) in [6.45, 7) is 4.16. The molecule has 0 bridgehead atoms. The van der Waals surface area contributed by atoms with Crippen molar-refractivity contribution >= 4 is 25.3 Å². The van der Waals surface area contributed by atoms with Crippen LogP contribution < -0.4 is 20.9 Å². The lowest BCUT2D eigenvalue weighted by atomic mass is 9.99. The molecule has 12 nitrogen and oxygen atoms in total. The number of ether oxygens (including phenoxy) is 2. The number of halogens is 1. The highest BCUT2D eigenvalue weighted by Crippen LogP contribution is 2.48. The number of aromatic nitrogens is 2. The minimum Gasteiger partial charge on any atom is -0.462 e. The molecule has 1 fully saturated rings. The van der Waals surface area contributed by atoms with E-state index >= 15 is 0 Å². The first-order valence-corrected chi connectivity index (χ1v) is 13.1. The Bertz CT molecular complexity index is 1310. The van der Waals surface area contributed by atoms with Crippen molar-refractivity contribution in [3.63, 3.8) is 0 Å². The zero-order valence-electron chi connectivity index (χ0n) is 20.2. The van der Waals surface area contributed by atoms with Gasteiger partial charge in [-0.05, 0) is 32.9 Å². The Morgan fingerprint density at radius 2 is 2.00 bits per heavy atom. The molecule has 14 heteroatoms. The second kappa shape index (κ2) is 11.6. The van der Waals surface area contributed by atoms with Gasteiger partial charge in [0, 0.05) is 12.3 Å². The number of H-pyrrole nitrogens is 1. The van der Waals surface area contributed by atoms with Crippen molar-refractivity contribution in [1.29, 1.82) is 0 Å². The highest BCUT2D eigenvalue weighted by Gasteiger charge is 2.56. The molecule has 0 radical (unpaired) electrons. The average molecular weight is 556 g/mol. The zero-order valence-corrected chi connectivity index (χ0v) is 21.8. The van der Waals surface area contributed by atoms with Crippen LogP contribution in [0.15, 0.2) is 52.2 Å². The highest BCUT2D eigenvalue weighted by atomic mass is 35.5. The van der Waals surface area contributed by atoms with Crippen LogP contribution in [-0.2, 0) is 23.4 Å². The van der Waals surface area contributed by atoms with E-state index in [1.807, 2.05) is 4.98 Å². The summed E-state index contributed by atoms with van der Waals surface area (Å²) in [7, 11) is -4.28. The number of nitrogens with one attached hydrogen (secondary N) is 2. The summed E-state index contributed by atoms with van der Waals surface area (Å²) in [4.78, 5) is 36.1. The Labute approximate surface area is 217 Å². The van der Waals surface area contributed by atoms with Crippen LogP contribution in [0.2, 0.25) is 0 Å². The zero-order chi connectivity index (χ0) is 27.4. The molecule has 37 heavy (non-hydrogen) atoms. The number of hydrogen-bond acceptors (Lipinski definition) is 9. The van der Waals surface area contributed by atoms with Crippen LogP contribution in [0.4, 0.5) is 0 Å². The monoisotopic (exact) mass is 555 g/mol. The number of aromatic amines is 1. The quantitative estimate of drug-likeness (QED) is 0.170.